The van der Waals surface area contributed by atoms with Gasteiger partial charge in [-0.05, 0) is 302 Å². The van der Waals surface area contributed by atoms with Gasteiger partial charge in [0.25, 0.3) is 0 Å². The summed E-state index contributed by atoms with van der Waals surface area (Å²) in [4.78, 5) is 18.5. The number of rotatable bonds is 13. The van der Waals surface area contributed by atoms with Gasteiger partial charge in [-0.2, -0.15) is 13.2 Å². The third-order valence-corrected chi connectivity index (χ3v) is 39.4. The number of phenols is 1. The van der Waals surface area contributed by atoms with Crippen LogP contribution in [-0.2, 0) is 36.1 Å². The highest BCUT2D eigenvalue weighted by Gasteiger charge is 2.57. The van der Waals surface area contributed by atoms with Gasteiger partial charge in [-0.1, -0.05) is 103 Å². The van der Waals surface area contributed by atoms with Crippen molar-refractivity contribution in [3.8, 4) is 36.8 Å². The van der Waals surface area contributed by atoms with Crippen molar-refractivity contribution in [1.82, 2.24) is 0 Å². The lowest BCUT2D eigenvalue weighted by Gasteiger charge is -2.59. The Balaban J connectivity index is 0.000000104. The van der Waals surface area contributed by atoms with Gasteiger partial charge in [0, 0.05) is 144 Å². The molecule has 8 aliphatic carbocycles. The maximum absolute atomic E-state index is 13.6. The molecule has 7 nitrogen and oxygen atoms in total. The van der Waals surface area contributed by atoms with Crippen molar-refractivity contribution in [3.63, 3.8) is 0 Å². The summed E-state index contributed by atoms with van der Waals surface area (Å²) in [5.41, 5.74) is 3.64. The number of phenolic OH excluding ortho intramolecular Hbond substituents is 1. The number of hydrogen-bond donors (Lipinski definition) is 1. The van der Waals surface area contributed by atoms with E-state index < -0.39 is 44.3 Å². The highest BCUT2D eigenvalue weighted by molar-refractivity contribution is 7.97. The minimum absolute atomic E-state index is 0.0275. The molecular formula is C111H104F5O7S5+5. The monoisotopic (exact) mass is 1800 g/mol. The summed E-state index contributed by atoms with van der Waals surface area (Å²) in [6.45, 7) is 12.9. The van der Waals surface area contributed by atoms with E-state index >= 15 is 0 Å². The fourth-order valence-corrected chi connectivity index (χ4v) is 34.6. The summed E-state index contributed by atoms with van der Waals surface area (Å²) in [6.07, 6.45) is 9.42. The van der Waals surface area contributed by atoms with E-state index in [1.807, 2.05) is 97.1 Å². The van der Waals surface area contributed by atoms with E-state index in [9.17, 15) is 26.7 Å². The van der Waals surface area contributed by atoms with Gasteiger partial charge in [-0.3, -0.25) is 0 Å². The first kappa shape index (κ1) is 85.6. The molecule has 26 rings (SSSR count). The van der Waals surface area contributed by atoms with E-state index in [1.54, 1.807) is 18.2 Å². The molecule has 5 heterocycles. The number of ether oxygens (including phenoxy) is 5. The standard InChI is InChI=1S/C33H35O3S.C31H33O2S.C19H12F3S.C18H11F2S.C10H12O2S/c1-20-12-26(37-29-10-6-4-8-27(29)28-9-5-7-11-30(28)37)13-21(2)32(20)35-19-31(34)36-33(3)24-15-22-14-23(17-24)18-25(33)16-22;1-19-11-25(34-28-9-5-3-7-26(28)27-8-4-6-10-29(27)34)12-20(2)30(19)32-18-33-31-23-14-21-13-22(16-23)17-24(31)15-21;20-19(21,22)13-6-5-7-14(12-13)23-17-10-3-1-8-15(17)16-9-2-4-11-18(16)23;19-12-9-13(20)11-14(10-12)21-17-7-3-1-5-15(17)16-6-2-4-8-18(16)21;11-9-1-3-10(4-2-9)13-7-5-12-6-8-13/h4-13,22-25H,14-19H2,1-3H3;3-12,21-24,31H,13-18H2,1-2H3;1-12H;1-11H;1-4H,5-8H2/q4*+1;/p+1. The Kier molecular flexibility index (Phi) is 24.2. The molecule has 8 saturated carbocycles. The molecule has 0 amide bonds. The molecular weight excluding hydrogens is 1700 g/mol. The zero-order valence-corrected chi connectivity index (χ0v) is 76.6. The Hall–Kier alpha value is -10.5. The van der Waals surface area contributed by atoms with Gasteiger partial charge < -0.3 is 28.8 Å². The first-order valence-corrected chi connectivity index (χ1v) is 51.4. The molecule has 0 spiro atoms. The number of aryl methyl sites for hydroxylation is 4. The number of fused-ring (bicyclic) bond motifs is 12. The molecule has 1 aliphatic heterocycles. The van der Waals surface area contributed by atoms with Gasteiger partial charge in [-0.15, -0.1) is 0 Å². The average Bonchev–Trinajstić information content (AvgIpc) is 1.27. The maximum atomic E-state index is 13.6. The van der Waals surface area contributed by atoms with Crippen LogP contribution in [0.1, 0.15) is 98.9 Å². The molecule has 1 N–H and O–H groups in total. The average molecular weight is 1810 g/mol. The van der Waals surface area contributed by atoms with Crippen LogP contribution in [0.5, 0.6) is 17.2 Å². The van der Waals surface area contributed by atoms with Crippen LogP contribution in [0.2, 0.25) is 0 Å². The molecule has 4 aromatic heterocycles. The summed E-state index contributed by atoms with van der Waals surface area (Å²) in [5, 5.41) is 19.1. The van der Waals surface area contributed by atoms with Crippen molar-refractivity contribution >= 4 is 139 Å². The van der Waals surface area contributed by atoms with Crippen LogP contribution in [0.15, 0.2) is 290 Å². The number of halogens is 5. The Labute approximate surface area is 757 Å². The van der Waals surface area contributed by atoms with Gasteiger partial charge in [-0.25, -0.2) is 13.6 Å². The number of thiophene rings is 4. The van der Waals surface area contributed by atoms with Gasteiger partial charge in [0.05, 0.1) is 24.9 Å². The zero-order chi connectivity index (χ0) is 87.6. The predicted molar refractivity (Wildman–Crippen MR) is 524 cm³/mol. The van der Waals surface area contributed by atoms with Crippen molar-refractivity contribution in [2.45, 2.75) is 122 Å². The second-order valence-electron chi connectivity index (χ2n) is 36.2. The molecule has 13 aromatic carbocycles. The molecule has 650 valence electrons. The van der Waals surface area contributed by atoms with Crippen molar-refractivity contribution in [1.29, 1.82) is 0 Å². The van der Waals surface area contributed by atoms with Crippen LogP contribution in [-0.4, -0.2) is 60.9 Å². The normalized spacial score (nSPS) is 21.4. The number of aromatic hydroxyl groups is 1. The van der Waals surface area contributed by atoms with E-state index in [4.69, 9.17) is 28.8 Å². The maximum Gasteiger partial charge on any atom is 0.416 e. The van der Waals surface area contributed by atoms with E-state index in [-0.39, 0.29) is 39.1 Å². The van der Waals surface area contributed by atoms with Gasteiger partial charge in [0.15, 0.2) is 75.5 Å². The summed E-state index contributed by atoms with van der Waals surface area (Å²) in [6, 6.07) is 93.5. The van der Waals surface area contributed by atoms with Crippen LogP contribution < -0.4 is 9.47 Å². The first-order chi connectivity index (χ1) is 62.2. The van der Waals surface area contributed by atoms with E-state index in [0.29, 0.717) is 51.2 Å². The Bertz CT molecular complexity index is 6680. The lowest BCUT2D eigenvalue weighted by atomic mass is 9.50. The zero-order valence-electron chi connectivity index (χ0n) is 72.5. The lowest BCUT2D eigenvalue weighted by Crippen LogP contribution is -2.58. The molecule has 0 unspecified atom stereocenters. The molecule has 17 aromatic rings. The van der Waals surface area contributed by atoms with Crippen LogP contribution in [0.3, 0.4) is 0 Å². The van der Waals surface area contributed by atoms with Gasteiger partial charge in [0.1, 0.15) is 46.0 Å². The van der Waals surface area contributed by atoms with Crippen molar-refractivity contribution < 1.29 is 55.5 Å². The molecule has 9 fully saturated rings. The fraction of sp³-hybridized carbons (Fsp3) is 0.288. The van der Waals surface area contributed by atoms with Crippen molar-refractivity contribution in [2.75, 3.05) is 38.1 Å². The fourth-order valence-electron chi connectivity index (χ4n) is 22.8. The minimum Gasteiger partial charge on any atom is -0.508 e. The number of benzene rings is 13. The number of hydrogen-bond acceptors (Lipinski definition) is 7. The van der Waals surface area contributed by atoms with Crippen molar-refractivity contribution in [3.05, 3.63) is 325 Å². The molecule has 1 saturated heterocycles. The Morgan fingerprint density at radius 3 is 1.09 bits per heavy atom. The van der Waals surface area contributed by atoms with E-state index in [1.165, 1.54) is 155 Å². The topological polar surface area (TPSA) is 83.5 Å². The third kappa shape index (κ3) is 16.9. The number of alkyl halides is 3. The van der Waals surface area contributed by atoms with Crippen LogP contribution in [0.4, 0.5) is 22.0 Å². The summed E-state index contributed by atoms with van der Waals surface area (Å²) in [5.74, 6) is 9.38. The Morgan fingerprint density at radius 2 is 0.727 bits per heavy atom. The SMILES string of the molecule is Cc1cc(-[s+]2c3ccccc3c3ccccc32)cc(C)c1OCC(=O)OC1(C)C2CC3CC(C2)CC1C3.Cc1cc(-[s+]2c3ccccc3c3ccccc32)cc(C)c1OCOC1C2CC3CC(C2)CC1C3.FC(F)(F)c1cccc(-[s+]2c3ccccc3c3ccccc32)c1.Fc1cc(F)cc(-[s+]2c3ccccc3c3ccccc32)c1.Oc1ccc([S+]2CCOCC2)cc1. The highest BCUT2D eigenvalue weighted by Crippen LogP contribution is 2.61. The molecule has 9 aliphatic rings. The van der Waals surface area contributed by atoms with Gasteiger partial charge >= 0.3 is 12.1 Å². The van der Waals surface area contributed by atoms with Crippen LogP contribution >= 0.6 is 41.9 Å². The first-order valence-electron chi connectivity index (χ1n) is 44.9. The number of carbonyl (C=O) groups is 1. The molecule has 128 heavy (non-hydrogen) atoms. The summed E-state index contributed by atoms with van der Waals surface area (Å²) < 4.78 is 107. The minimum atomic E-state index is -4.32. The Morgan fingerprint density at radius 1 is 0.391 bits per heavy atom. The smallest absolute Gasteiger partial charge is 0.416 e. The molecule has 0 atom stereocenters. The summed E-state index contributed by atoms with van der Waals surface area (Å²) >= 11 is 0. The van der Waals surface area contributed by atoms with Crippen molar-refractivity contribution in [2.24, 2.45) is 47.3 Å². The second-order valence-corrected chi connectivity index (χ2v) is 46.3. The lowest BCUT2D eigenvalue weighted by molar-refractivity contribution is -0.204. The molecule has 17 heteroatoms. The summed E-state index contributed by atoms with van der Waals surface area (Å²) in [7, 11) is -0.790. The molecule has 8 bridgehead atoms. The predicted octanol–water partition coefficient (Wildman–Crippen LogP) is 31.2. The largest absolute Gasteiger partial charge is 0.508 e. The van der Waals surface area contributed by atoms with Crippen LogP contribution in [0, 0.1) is 86.7 Å². The number of esters is 1. The van der Waals surface area contributed by atoms with E-state index in [0.717, 1.165) is 135 Å². The molecule has 0 radical (unpaired) electrons. The highest BCUT2D eigenvalue weighted by atomic mass is 32.2. The van der Waals surface area contributed by atoms with Gasteiger partial charge in [0.2, 0.25) is 0 Å². The number of carbonyl (C=O) groups excluding carboxylic acids is 1. The van der Waals surface area contributed by atoms with Crippen LogP contribution in [0.25, 0.3) is 100 Å². The van der Waals surface area contributed by atoms with E-state index in [2.05, 4.69) is 168 Å². The third-order valence-electron chi connectivity index (χ3n) is 28.0. The second kappa shape index (κ2) is 36.1. The quantitative estimate of drug-likeness (QED) is 0.0533.